The van der Waals surface area contributed by atoms with Gasteiger partial charge >= 0.3 is 0 Å². The molecule has 0 atom stereocenters. The van der Waals surface area contributed by atoms with Crippen molar-refractivity contribution < 1.29 is 4.79 Å². The third kappa shape index (κ3) is 2.58. The number of amides is 1. The van der Waals surface area contributed by atoms with Crippen molar-refractivity contribution in [2.75, 3.05) is 37.6 Å². The van der Waals surface area contributed by atoms with Crippen LogP contribution in [0.5, 0.6) is 0 Å². The summed E-state index contributed by atoms with van der Waals surface area (Å²) in [6.45, 7) is 7.96. The second-order valence-corrected chi connectivity index (χ2v) is 4.51. The maximum atomic E-state index is 10.8. The predicted molar refractivity (Wildman–Crippen MR) is 65.9 cm³/mol. The molecule has 0 aromatic carbocycles. The summed E-state index contributed by atoms with van der Waals surface area (Å²) in [6.07, 6.45) is 0. The number of primary amides is 1. The van der Waals surface area contributed by atoms with Crippen LogP contribution in [0.2, 0.25) is 0 Å². The number of hydrogen-bond donors (Lipinski definition) is 2. The van der Waals surface area contributed by atoms with Gasteiger partial charge in [0.1, 0.15) is 0 Å². The average Bonchev–Trinajstić information content (AvgIpc) is 2.59. The van der Waals surface area contributed by atoms with Gasteiger partial charge in [-0.15, -0.1) is 0 Å². The highest BCUT2D eigenvalue weighted by Gasteiger charge is 2.21. The van der Waals surface area contributed by atoms with Crippen LogP contribution in [0.15, 0.2) is 0 Å². The van der Waals surface area contributed by atoms with E-state index in [4.69, 9.17) is 5.73 Å². The quantitative estimate of drug-likeness (QED) is 0.752. The Labute approximate surface area is 101 Å². The van der Waals surface area contributed by atoms with E-state index in [1.165, 1.54) is 5.69 Å². The van der Waals surface area contributed by atoms with Gasteiger partial charge in [-0.25, -0.2) is 0 Å². The van der Waals surface area contributed by atoms with E-state index in [0.717, 1.165) is 37.6 Å². The number of anilines is 1. The lowest BCUT2D eigenvalue weighted by molar-refractivity contribution is -0.119. The summed E-state index contributed by atoms with van der Waals surface area (Å²) in [4.78, 5) is 15.2. The van der Waals surface area contributed by atoms with Crippen molar-refractivity contribution in [2.24, 2.45) is 5.73 Å². The van der Waals surface area contributed by atoms with Crippen molar-refractivity contribution in [3.05, 3.63) is 11.4 Å². The first-order chi connectivity index (χ1) is 8.08. The standard InChI is InChI=1S/C11H19N5O/c1-8-11(9(2)14-13-8)16-5-3-15(4-6-16)7-10(12)17/h3-7H2,1-2H3,(H2,12,17)(H,13,14). The van der Waals surface area contributed by atoms with E-state index in [1.54, 1.807) is 0 Å². The summed E-state index contributed by atoms with van der Waals surface area (Å²) in [5.41, 5.74) is 8.53. The number of aryl methyl sites for hydroxylation is 2. The molecule has 2 heterocycles. The minimum Gasteiger partial charge on any atom is -0.369 e. The molecule has 1 aliphatic heterocycles. The van der Waals surface area contributed by atoms with Crippen LogP contribution in [-0.2, 0) is 4.79 Å². The summed E-state index contributed by atoms with van der Waals surface area (Å²) < 4.78 is 0. The van der Waals surface area contributed by atoms with E-state index in [2.05, 4.69) is 20.0 Å². The molecule has 0 bridgehead atoms. The SMILES string of the molecule is Cc1n[nH]c(C)c1N1CCN(CC(N)=O)CC1. The third-order valence-electron chi connectivity index (χ3n) is 3.16. The summed E-state index contributed by atoms with van der Waals surface area (Å²) in [7, 11) is 0. The van der Waals surface area contributed by atoms with Crippen LogP contribution in [0.3, 0.4) is 0 Å². The Kier molecular flexibility index (Phi) is 3.33. The van der Waals surface area contributed by atoms with Gasteiger partial charge in [-0.05, 0) is 13.8 Å². The number of piperazine rings is 1. The van der Waals surface area contributed by atoms with Gasteiger partial charge in [0.05, 0.1) is 23.6 Å². The molecule has 1 fully saturated rings. The fraction of sp³-hybridized carbons (Fsp3) is 0.636. The normalized spacial score (nSPS) is 17.4. The number of nitrogens with two attached hydrogens (primary N) is 1. The van der Waals surface area contributed by atoms with Crippen LogP contribution in [-0.4, -0.2) is 53.7 Å². The molecule has 0 aliphatic carbocycles. The van der Waals surface area contributed by atoms with Gasteiger partial charge in [-0.1, -0.05) is 0 Å². The number of aromatic nitrogens is 2. The van der Waals surface area contributed by atoms with Crippen LogP contribution in [0.4, 0.5) is 5.69 Å². The molecule has 0 radical (unpaired) electrons. The number of nitrogens with one attached hydrogen (secondary N) is 1. The Hall–Kier alpha value is -1.56. The molecule has 0 saturated carbocycles. The van der Waals surface area contributed by atoms with E-state index < -0.39 is 0 Å². The summed E-state index contributed by atoms with van der Waals surface area (Å²) in [5.74, 6) is -0.255. The van der Waals surface area contributed by atoms with Crippen molar-refractivity contribution in [1.82, 2.24) is 15.1 Å². The van der Waals surface area contributed by atoms with Crippen LogP contribution in [0, 0.1) is 13.8 Å². The van der Waals surface area contributed by atoms with Crippen LogP contribution < -0.4 is 10.6 Å². The topological polar surface area (TPSA) is 78.2 Å². The molecule has 1 aliphatic rings. The molecule has 2 rings (SSSR count). The molecule has 0 spiro atoms. The van der Waals surface area contributed by atoms with Crippen molar-refractivity contribution in [1.29, 1.82) is 0 Å². The Bertz CT molecular complexity index is 386. The maximum Gasteiger partial charge on any atom is 0.231 e. The van der Waals surface area contributed by atoms with Crippen LogP contribution in [0.1, 0.15) is 11.4 Å². The molecule has 1 saturated heterocycles. The monoisotopic (exact) mass is 237 g/mol. The Morgan fingerprint density at radius 3 is 2.47 bits per heavy atom. The molecular weight excluding hydrogens is 218 g/mol. The Morgan fingerprint density at radius 2 is 2.00 bits per heavy atom. The van der Waals surface area contributed by atoms with Gasteiger partial charge in [0.2, 0.25) is 5.91 Å². The van der Waals surface area contributed by atoms with Gasteiger partial charge in [0, 0.05) is 26.2 Å². The molecule has 1 amide bonds. The minimum absolute atomic E-state index is 0.255. The highest BCUT2D eigenvalue weighted by Crippen LogP contribution is 2.22. The van der Waals surface area contributed by atoms with E-state index in [0.29, 0.717) is 6.54 Å². The number of nitrogens with zero attached hydrogens (tertiary/aromatic N) is 3. The molecule has 94 valence electrons. The van der Waals surface area contributed by atoms with Gasteiger partial charge in [-0.3, -0.25) is 14.8 Å². The molecule has 6 heteroatoms. The van der Waals surface area contributed by atoms with Crippen molar-refractivity contribution in [3.63, 3.8) is 0 Å². The molecule has 17 heavy (non-hydrogen) atoms. The zero-order chi connectivity index (χ0) is 12.4. The predicted octanol–water partition coefficient (Wildman–Crippen LogP) is -0.366. The number of carbonyl (C=O) groups is 1. The molecule has 3 N–H and O–H groups in total. The summed E-state index contributed by atoms with van der Waals surface area (Å²) in [6, 6.07) is 0. The third-order valence-corrected chi connectivity index (χ3v) is 3.16. The first kappa shape index (κ1) is 11.9. The second-order valence-electron chi connectivity index (χ2n) is 4.51. The van der Waals surface area contributed by atoms with Gasteiger partial charge in [0.15, 0.2) is 0 Å². The number of H-pyrrole nitrogens is 1. The van der Waals surface area contributed by atoms with Crippen LogP contribution in [0.25, 0.3) is 0 Å². The van der Waals surface area contributed by atoms with Crippen LogP contribution >= 0.6 is 0 Å². The van der Waals surface area contributed by atoms with E-state index in [9.17, 15) is 4.79 Å². The van der Waals surface area contributed by atoms with Crippen molar-refractivity contribution in [2.45, 2.75) is 13.8 Å². The maximum absolute atomic E-state index is 10.8. The number of hydrogen-bond acceptors (Lipinski definition) is 4. The van der Waals surface area contributed by atoms with Crippen molar-refractivity contribution >= 4 is 11.6 Å². The van der Waals surface area contributed by atoms with Gasteiger partial charge in [-0.2, -0.15) is 5.10 Å². The first-order valence-corrected chi connectivity index (χ1v) is 5.85. The highest BCUT2D eigenvalue weighted by molar-refractivity contribution is 5.76. The van der Waals surface area contributed by atoms with E-state index in [1.807, 2.05) is 13.8 Å². The second kappa shape index (κ2) is 4.75. The highest BCUT2D eigenvalue weighted by atomic mass is 16.1. The lowest BCUT2D eigenvalue weighted by atomic mass is 10.2. The fourth-order valence-electron chi connectivity index (χ4n) is 2.36. The minimum atomic E-state index is -0.255. The fourth-order valence-corrected chi connectivity index (χ4v) is 2.36. The number of rotatable bonds is 3. The van der Waals surface area contributed by atoms with E-state index in [-0.39, 0.29) is 5.91 Å². The largest absolute Gasteiger partial charge is 0.369 e. The molecular formula is C11H19N5O. The summed E-state index contributed by atoms with van der Waals surface area (Å²) >= 11 is 0. The number of aromatic amines is 1. The average molecular weight is 237 g/mol. The Morgan fingerprint density at radius 1 is 1.35 bits per heavy atom. The first-order valence-electron chi connectivity index (χ1n) is 5.85. The smallest absolute Gasteiger partial charge is 0.231 e. The summed E-state index contributed by atoms with van der Waals surface area (Å²) in [5, 5.41) is 7.20. The van der Waals surface area contributed by atoms with Gasteiger partial charge < -0.3 is 10.6 Å². The Balaban J connectivity index is 1.97. The zero-order valence-electron chi connectivity index (χ0n) is 10.4. The lowest BCUT2D eigenvalue weighted by Gasteiger charge is -2.35. The zero-order valence-corrected chi connectivity index (χ0v) is 10.4. The number of carbonyl (C=O) groups excluding carboxylic acids is 1. The molecule has 6 nitrogen and oxygen atoms in total. The molecule has 0 unspecified atom stereocenters. The lowest BCUT2D eigenvalue weighted by Crippen LogP contribution is -2.49. The molecule has 1 aromatic heterocycles. The van der Waals surface area contributed by atoms with Gasteiger partial charge in [0.25, 0.3) is 0 Å². The van der Waals surface area contributed by atoms with Crippen molar-refractivity contribution in [3.8, 4) is 0 Å². The van der Waals surface area contributed by atoms with E-state index >= 15 is 0 Å². The molecule has 1 aromatic rings.